The van der Waals surface area contributed by atoms with Crippen molar-refractivity contribution in [3.8, 4) is 22.1 Å². The molecule has 0 fully saturated rings. The third-order valence-corrected chi connectivity index (χ3v) is 5.15. The van der Waals surface area contributed by atoms with E-state index >= 15 is 0 Å². The summed E-state index contributed by atoms with van der Waals surface area (Å²) >= 11 is 7.19. The van der Waals surface area contributed by atoms with Crippen LogP contribution < -0.4 is 5.69 Å². The Morgan fingerprint density at radius 1 is 1.11 bits per heavy atom. The van der Waals surface area contributed by atoms with Gasteiger partial charge in [-0.15, -0.1) is 16.4 Å². The number of thiazole rings is 1. The van der Waals surface area contributed by atoms with Crippen molar-refractivity contribution in [1.82, 2.24) is 19.3 Å². The Kier molecular flexibility index (Phi) is 4.54. The molecule has 0 aliphatic rings. The molecule has 0 saturated carbocycles. The maximum atomic E-state index is 12.9. The summed E-state index contributed by atoms with van der Waals surface area (Å²) in [6, 6.07) is 12.9. The number of halogens is 1. The van der Waals surface area contributed by atoms with Crippen LogP contribution in [0.15, 0.2) is 58.7 Å². The Balaban J connectivity index is 1.72. The van der Waals surface area contributed by atoms with E-state index in [1.807, 2.05) is 0 Å². The van der Waals surface area contributed by atoms with Crippen molar-refractivity contribution in [3.63, 3.8) is 0 Å². The van der Waals surface area contributed by atoms with Gasteiger partial charge in [0, 0.05) is 28.1 Å². The van der Waals surface area contributed by atoms with E-state index in [1.165, 1.54) is 32.7 Å². The fourth-order valence-corrected chi connectivity index (χ4v) is 3.69. The molecule has 2 aromatic heterocycles. The number of nitro groups is 1. The number of aryl methyl sites for hydroxylation is 1. The summed E-state index contributed by atoms with van der Waals surface area (Å²) in [6.07, 6.45) is 0. The molecule has 0 atom stereocenters. The number of benzene rings is 2. The molecule has 2 aromatic carbocycles. The van der Waals surface area contributed by atoms with Crippen LogP contribution in [0.2, 0.25) is 5.02 Å². The Hall–Kier alpha value is -3.30. The van der Waals surface area contributed by atoms with Gasteiger partial charge in [-0.3, -0.25) is 10.1 Å². The van der Waals surface area contributed by atoms with Crippen molar-refractivity contribution in [1.29, 1.82) is 0 Å². The maximum absolute atomic E-state index is 12.9. The van der Waals surface area contributed by atoms with E-state index in [4.69, 9.17) is 11.6 Å². The minimum Gasteiger partial charge on any atom is -0.258 e. The quantitative estimate of drug-likeness (QED) is 0.372. The first-order chi connectivity index (χ1) is 13.4. The Labute approximate surface area is 167 Å². The van der Waals surface area contributed by atoms with Gasteiger partial charge in [-0.2, -0.15) is 4.68 Å². The summed E-state index contributed by atoms with van der Waals surface area (Å²) in [7, 11) is 0. The molecule has 0 saturated heterocycles. The van der Waals surface area contributed by atoms with Gasteiger partial charge in [0.1, 0.15) is 5.82 Å². The molecule has 0 spiro atoms. The zero-order chi connectivity index (χ0) is 19.8. The predicted octanol–water partition coefficient (Wildman–Crippen LogP) is 4.02. The number of nitrogens with zero attached hydrogens (tertiary/aromatic N) is 5. The second-order valence-electron chi connectivity index (χ2n) is 5.87. The molecule has 140 valence electrons. The van der Waals surface area contributed by atoms with Gasteiger partial charge in [-0.25, -0.2) is 14.3 Å². The van der Waals surface area contributed by atoms with Crippen LogP contribution in [0.4, 0.5) is 5.69 Å². The molecule has 2 heterocycles. The predicted molar refractivity (Wildman–Crippen MR) is 107 cm³/mol. The van der Waals surface area contributed by atoms with Crippen molar-refractivity contribution in [2.75, 3.05) is 0 Å². The molecular formula is C18H12ClN5O3S. The second-order valence-corrected chi connectivity index (χ2v) is 7.15. The van der Waals surface area contributed by atoms with E-state index in [9.17, 15) is 14.9 Å². The smallest absolute Gasteiger partial charge is 0.258 e. The molecule has 0 bridgehead atoms. The van der Waals surface area contributed by atoms with Gasteiger partial charge in [0.05, 0.1) is 16.3 Å². The summed E-state index contributed by atoms with van der Waals surface area (Å²) in [6.45, 7) is 1.72. The van der Waals surface area contributed by atoms with E-state index < -0.39 is 4.92 Å². The topological polar surface area (TPSA) is 95.8 Å². The summed E-state index contributed by atoms with van der Waals surface area (Å²) in [5, 5.41) is 17.9. The first-order valence-electron chi connectivity index (χ1n) is 8.09. The van der Waals surface area contributed by atoms with Gasteiger partial charge in [-0.05, 0) is 43.3 Å². The molecule has 4 aromatic rings. The summed E-state index contributed by atoms with van der Waals surface area (Å²) < 4.78 is 2.72. The summed E-state index contributed by atoms with van der Waals surface area (Å²) in [4.78, 5) is 27.7. The normalized spacial score (nSPS) is 10.9. The van der Waals surface area contributed by atoms with Gasteiger partial charge in [0.2, 0.25) is 0 Å². The number of hydrogen-bond acceptors (Lipinski definition) is 6. The Morgan fingerprint density at radius 3 is 2.43 bits per heavy atom. The third kappa shape index (κ3) is 3.21. The molecule has 10 heteroatoms. The van der Waals surface area contributed by atoms with Crippen molar-refractivity contribution in [3.05, 3.63) is 85.4 Å². The van der Waals surface area contributed by atoms with Crippen LogP contribution >= 0.6 is 22.9 Å². The monoisotopic (exact) mass is 413 g/mol. The first kappa shape index (κ1) is 18.1. The number of aromatic nitrogens is 4. The van der Waals surface area contributed by atoms with Crippen LogP contribution in [0.3, 0.4) is 0 Å². The number of hydrogen-bond donors (Lipinski definition) is 0. The van der Waals surface area contributed by atoms with Crippen LogP contribution in [0.1, 0.15) is 5.82 Å². The summed E-state index contributed by atoms with van der Waals surface area (Å²) in [5.74, 6) is 0.490. The fraction of sp³-hybridized carbons (Fsp3) is 0.0556. The number of nitro benzene ring substituents is 1. The van der Waals surface area contributed by atoms with E-state index in [1.54, 1.807) is 48.7 Å². The molecule has 8 nitrogen and oxygen atoms in total. The molecule has 0 unspecified atom stereocenters. The van der Waals surface area contributed by atoms with Crippen LogP contribution in [-0.4, -0.2) is 24.3 Å². The van der Waals surface area contributed by atoms with E-state index in [0.717, 1.165) is 5.56 Å². The van der Waals surface area contributed by atoms with E-state index in [-0.39, 0.29) is 11.4 Å². The SMILES string of the molecule is Cc1nn(-c2ccc(Cl)cc2)c(=O)n1-c1nc(-c2ccc([N+](=O)[O-])cc2)cs1. The lowest BCUT2D eigenvalue weighted by Crippen LogP contribution is -2.22. The van der Waals surface area contributed by atoms with Crippen molar-refractivity contribution >= 4 is 28.6 Å². The minimum absolute atomic E-state index is 0.00973. The largest absolute Gasteiger partial charge is 0.357 e. The van der Waals surface area contributed by atoms with E-state index in [0.29, 0.717) is 27.4 Å². The Bertz CT molecular complexity index is 1230. The summed E-state index contributed by atoms with van der Waals surface area (Å²) in [5.41, 5.74) is 1.62. The van der Waals surface area contributed by atoms with Crippen molar-refractivity contribution in [2.45, 2.75) is 6.92 Å². The lowest BCUT2D eigenvalue weighted by Gasteiger charge is -1.99. The molecule has 4 rings (SSSR count). The van der Waals surface area contributed by atoms with Crippen LogP contribution in [0, 0.1) is 17.0 Å². The van der Waals surface area contributed by atoms with Crippen molar-refractivity contribution < 1.29 is 4.92 Å². The highest BCUT2D eigenvalue weighted by Gasteiger charge is 2.17. The highest BCUT2D eigenvalue weighted by molar-refractivity contribution is 7.12. The molecule has 28 heavy (non-hydrogen) atoms. The molecule has 0 aliphatic carbocycles. The van der Waals surface area contributed by atoms with Gasteiger partial charge >= 0.3 is 5.69 Å². The lowest BCUT2D eigenvalue weighted by molar-refractivity contribution is -0.384. The molecule has 0 N–H and O–H groups in total. The van der Waals surface area contributed by atoms with Gasteiger partial charge < -0.3 is 0 Å². The fourth-order valence-electron chi connectivity index (χ4n) is 2.69. The average Bonchev–Trinajstić information content (AvgIpc) is 3.27. The number of rotatable bonds is 4. The second kappa shape index (κ2) is 7.02. The van der Waals surface area contributed by atoms with Gasteiger partial charge in [-0.1, -0.05) is 11.6 Å². The molecule has 0 aliphatic heterocycles. The standard InChI is InChI=1S/C18H12ClN5O3S/c1-11-21-23(14-8-4-13(19)5-9-14)18(25)22(11)17-20-16(10-28-17)12-2-6-15(7-3-12)24(26)27/h2-10H,1H3. The Morgan fingerprint density at radius 2 is 1.79 bits per heavy atom. The molecular weight excluding hydrogens is 402 g/mol. The third-order valence-electron chi connectivity index (χ3n) is 4.07. The zero-order valence-electron chi connectivity index (χ0n) is 14.4. The first-order valence-corrected chi connectivity index (χ1v) is 9.35. The highest BCUT2D eigenvalue weighted by Crippen LogP contribution is 2.26. The minimum atomic E-state index is -0.454. The van der Waals surface area contributed by atoms with Crippen LogP contribution in [-0.2, 0) is 0 Å². The zero-order valence-corrected chi connectivity index (χ0v) is 16.0. The van der Waals surface area contributed by atoms with Crippen LogP contribution in [0.5, 0.6) is 0 Å². The van der Waals surface area contributed by atoms with Crippen molar-refractivity contribution in [2.24, 2.45) is 0 Å². The van der Waals surface area contributed by atoms with Gasteiger partial charge in [0.25, 0.3) is 5.69 Å². The molecule has 0 amide bonds. The van der Waals surface area contributed by atoms with Crippen LogP contribution in [0.25, 0.3) is 22.1 Å². The van der Waals surface area contributed by atoms with E-state index in [2.05, 4.69) is 10.1 Å². The van der Waals surface area contributed by atoms with Gasteiger partial charge in [0.15, 0.2) is 5.13 Å². The number of non-ortho nitro benzene ring substituents is 1. The highest BCUT2D eigenvalue weighted by atomic mass is 35.5. The lowest BCUT2D eigenvalue weighted by atomic mass is 10.1. The molecule has 0 radical (unpaired) electrons. The maximum Gasteiger partial charge on any atom is 0.357 e. The average molecular weight is 414 g/mol.